The summed E-state index contributed by atoms with van der Waals surface area (Å²) in [5, 5.41) is 14.1. The molecule has 0 amide bonds. The quantitative estimate of drug-likeness (QED) is 0.198. The van der Waals surface area contributed by atoms with Crippen LogP contribution in [0.2, 0.25) is 0 Å². The summed E-state index contributed by atoms with van der Waals surface area (Å²) in [6.45, 7) is 3.97. The summed E-state index contributed by atoms with van der Waals surface area (Å²) in [6, 6.07) is 31.9. The van der Waals surface area contributed by atoms with Gasteiger partial charge in [0.2, 0.25) is 0 Å². The molecule has 1 N–H and O–H groups in total. The monoisotopic (exact) mass is 667 g/mol. The Kier molecular flexibility index (Phi) is 6.70. The average Bonchev–Trinajstić information content (AvgIpc) is 3.20. The largest absolute Gasteiger partial charge is 0.505 e. The third kappa shape index (κ3) is 4.34. The molecule has 6 rings (SSSR count). The SMILES string of the molecule is Cc1cc(C)c(O)c(-n2c3ccccc3c3ccc(-c4[c-]c(Sc5ccccn5)ccc4)nc32)c1.[Pt]. The molecule has 180 valence electrons. The first-order chi connectivity index (χ1) is 17.1. The second-order valence-electron chi connectivity index (χ2n) is 8.57. The van der Waals surface area contributed by atoms with Crippen molar-refractivity contribution in [1.29, 1.82) is 0 Å². The van der Waals surface area contributed by atoms with Crippen molar-refractivity contribution >= 4 is 33.7 Å². The predicted molar refractivity (Wildman–Crippen MR) is 142 cm³/mol. The molecule has 0 spiro atoms. The number of benzene rings is 3. The van der Waals surface area contributed by atoms with Crippen molar-refractivity contribution in [3.63, 3.8) is 0 Å². The Morgan fingerprint density at radius 2 is 1.69 bits per heavy atom. The molecule has 6 aromatic rings. The fourth-order valence-electron chi connectivity index (χ4n) is 4.52. The molecule has 0 fully saturated rings. The van der Waals surface area contributed by atoms with Crippen molar-refractivity contribution in [2.45, 2.75) is 23.8 Å². The molecule has 6 heteroatoms. The zero-order valence-electron chi connectivity index (χ0n) is 19.7. The van der Waals surface area contributed by atoms with Gasteiger partial charge < -0.3 is 5.11 Å². The second kappa shape index (κ2) is 9.92. The number of pyridine rings is 2. The van der Waals surface area contributed by atoms with Gasteiger partial charge in [0.1, 0.15) is 11.4 Å². The minimum Gasteiger partial charge on any atom is -0.505 e. The van der Waals surface area contributed by atoms with E-state index < -0.39 is 0 Å². The number of fused-ring (bicyclic) bond motifs is 3. The first-order valence-electron chi connectivity index (χ1n) is 11.4. The van der Waals surface area contributed by atoms with E-state index in [2.05, 4.69) is 33.8 Å². The number of aryl methyl sites for hydroxylation is 2. The molecular formula is C30H22N3OPtS-. The van der Waals surface area contributed by atoms with Crippen molar-refractivity contribution in [1.82, 2.24) is 14.5 Å². The third-order valence-electron chi connectivity index (χ3n) is 6.08. The van der Waals surface area contributed by atoms with Gasteiger partial charge in [-0.25, -0.2) is 4.98 Å². The van der Waals surface area contributed by atoms with E-state index in [1.54, 1.807) is 18.0 Å². The van der Waals surface area contributed by atoms with E-state index in [1.165, 1.54) is 0 Å². The Bertz CT molecular complexity index is 1710. The Balaban J connectivity index is 0.00000267. The summed E-state index contributed by atoms with van der Waals surface area (Å²) in [7, 11) is 0. The predicted octanol–water partition coefficient (Wildman–Crippen LogP) is 7.51. The maximum Gasteiger partial charge on any atom is 0.142 e. The van der Waals surface area contributed by atoms with Crippen molar-refractivity contribution in [3.8, 4) is 22.7 Å². The summed E-state index contributed by atoms with van der Waals surface area (Å²) in [4.78, 5) is 10.5. The molecule has 0 bridgehead atoms. The Morgan fingerprint density at radius 1 is 0.861 bits per heavy atom. The molecule has 3 aromatic heterocycles. The maximum absolute atomic E-state index is 11.0. The minimum absolute atomic E-state index is 0. The smallest absolute Gasteiger partial charge is 0.142 e. The van der Waals surface area contributed by atoms with Crippen LogP contribution in [0.5, 0.6) is 5.75 Å². The van der Waals surface area contributed by atoms with Gasteiger partial charge in [-0.15, -0.1) is 29.8 Å². The number of para-hydroxylation sites is 1. The normalized spacial score (nSPS) is 11.1. The van der Waals surface area contributed by atoms with Crippen LogP contribution in [0.15, 0.2) is 101 Å². The van der Waals surface area contributed by atoms with E-state index in [0.29, 0.717) is 0 Å². The number of aromatic nitrogens is 3. The molecule has 0 radical (unpaired) electrons. The standard InChI is InChI=1S/C30H22N3OS.Pt/c1-19-16-20(2)29(34)27(17-19)33-26-11-4-3-10-23(26)24-13-14-25(32-30(24)33)21-8-7-9-22(18-21)35-28-12-5-6-15-31-28;/h3-17,34H,1-2H3;/q-1;. The fourth-order valence-corrected chi connectivity index (χ4v) is 5.31. The van der Waals surface area contributed by atoms with Crippen LogP contribution >= 0.6 is 11.8 Å². The number of aromatic hydroxyl groups is 1. The van der Waals surface area contributed by atoms with Gasteiger partial charge in [-0.1, -0.05) is 59.1 Å². The van der Waals surface area contributed by atoms with Crippen LogP contribution in [0.1, 0.15) is 11.1 Å². The number of phenolic OH excluding ortho intramolecular Hbond substituents is 1. The van der Waals surface area contributed by atoms with Crippen LogP contribution in [-0.2, 0) is 21.1 Å². The van der Waals surface area contributed by atoms with Gasteiger partial charge in [0.05, 0.1) is 16.2 Å². The van der Waals surface area contributed by atoms with Gasteiger partial charge in [-0.05, 0) is 54.9 Å². The first kappa shape index (κ1) is 24.3. The molecule has 3 heterocycles. The zero-order chi connectivity index (χ0) is 23.9. The summed E-state index contributed by atoms with van der Waals surface area (Å²) >= 11 is 1.58. The Hall–Kier alpha value is -3.40. The first-order valence-corrected chi connectivity index (χ1v) is 12.2. The summed E-state index contributed by atoms with van der Waals surface area (Å²) in [6.07, 6.45) is 1.79. The molecule has 36 heavy (non-hydrogen) atoms. The van der Waals surface area contributed by atoms with E-state index in [0.717, 1.165) is 59.9 Å². The maximum atomic E-state index is 11.0. The molecule has 0 aliphatic carbocycles. The Labute approximate surface area is 228 Å². The molecule has 0 saturated carbocycles. The van der Waals surface area contributed by atoms with Gasteiger partial charge >= 0.3 is 0 Å². The van der Waals surface area contributed by atoms with E-state index in [-0.39, 0.29) is 26.8 Å². The van der Waals surface area contributed by atoms with E-state index >= 15 is 0 Å². The van der Waals surface area contributed by atoms with Gasteiger partial charge in [-0.2, -0.15) is 0 Å². The number of hydrogen-bond donors (Lipinski definition) is 1. The van der Waals surface area contributed by atoms with Crippen LogP contribution in [0.3, 0.4) is 0 Å². The van der Waals surface area contributed by atoms with Crippen LogP contribution in [0.4, 0.5) is 0 Å². The van der Waals surface area contributed by atoms with Crippen LogP contribution < -0.4 is 0 Å². The molecule has 0 saturated heterocycles. The van der Waals surface area contributed by atoms with E-state index in [1.807, 2.05) is 80.6 Å². The van der Waals surface area contributed by atoms with E-state index in [4.69, 9.17) is 4.98 Å². The fraction of sp³-hybridized carbons (Fsp3) is 0.0667. The molecule has 0 aliphatic rings. The summed E-state index contributed by atoms with van der Waals surface area (Å²) in [5.74, 6) is 0.269. The summed E-state index contributed by atoms with van der Waals surface area (Å²) in [5.41, 5.74) is 6.22. The average molecular weight is 668 g/mol. The van der Waals surface area contributed by atoms with Crippen LogP contribution in [0, 0.1) is 19.9 Å². The molecule has 0 atom stereocenters. The molecule has 0 unspecified atom stereocenters. The topological polar surface area (TPSA) is 50.9 Å². The molecule has 4 nitrogen and oxygen atoms in total. The van der Waals surface area contributed by atoms with Crippen molar-refractivity contribution < 1.29 is 26.2 Å². The van der Waals surface area contributed by atoms with Gasteiger partial charge in [0.15, 0.2) is 0 Å². The zero-order valence-corrected chi connectivity index (χ0v) is 22.8. The van der Waals surface area contributed by atoms with Gasteiger partial charge in [0.25, 0.3) is 0 Å². The Morgan fingerprint density at radius 3 is 2.53 bits per heavy atom. The van der Waals surface area contributed by atoms with Gasteiger partial charge in [0, 0.05) is 38.0 Å². The summed E-state index contributed by atoms with van der Waals surface area (Å²) < 4.78 is 2.07. The molecular weight excluding hydrogens is 645 g/mol. The number of nitrogens with zero attached hydrogens (tertiary/aromatic N) is 3. The minimum atomic E-state index is 0. The van der Waals surface area contributed by atoms with Crippen molar-refractivity contribution in [2.24, 2.45) is 0 Å². The van der Waals surface area contributed by atoms with Gasteiger partial charge in [-0.3, -0.25) is 9.55 Å². The molecule has 0 aliphatic heterocycles. The number of hydrogen-bond acceptors (Lipinski definition) is 4. The third-order valence-corrected chi connectivity index (χ3v) is 6.99. The van der Waals surface area contributed by atoms with E-state index in [9.17, 15) is 5.11 Å². The van der Waals surface area contributed by atoms with Crippen molar-refractivity contribution in [3.05, 3.63) is 108 Å². The molecule has 3 aromatic carbocycles. The van der Waals surface area contributed by atoms with Crippen LogP contribution in [0.25, 0.3) is 38.9 Å². The van der Waals surface area contributed by atoms with Crippen molar-refractivity contribution in [2.75, 3.05) is 0 Å². The second-order valence-corrected chi connectivity index (χ2v) is 9.63. The number of rotatable bonds is 4. The van der Waals surface area contributed by atoms with Crippen LogP contribution in [-0.4, -0.2) is 19.6 Å². The number of phenols is 1.